The van der Waals surface area contributed by atoms with Gasteiger partial charge in [-0.25, -0.2) is 16.8 Å². The van der Waals surface area contributed by atoms with Crippen LogP contribution in [0.15, 0.2) is 56.4 Å². The molecule has 2 aliphatic rings. The summed E-state index contributed by atoms with van der Waals surface area (Å²) >= 11 is 12.6. The third-order valence-electron chi connectivity index (χ3n) is 12.9. The summed E-state index contributed by atoms with van der Waals surface area (Å²) in [6.07, 6.45) is -2.68. The van der Waals surface area contributed by atoms with Crippen molar-refractivity contribution in [1.82, 2.24) is 20.8 Å². The number of nitrogens with zero attached hydrogens (tertiary/aromatic N) is 8. The van der Waals surface area contributed by atoms with Gasteiger partial charge in [0.15, 0.2) is 19.7 Å². The first-order valence-corrected chi connectivity index (χ1v) is 31.1. The van der Waals surface area contributed by atoms with E-state index in [2.05, 4.69) is 30.7 Å². The number of methoxy groups -OCH3 is 2. The van der Waals surface area contributed by atoms with E-state index in [9.17, 15) is 50.4 Å². The van der Waals surface area contributed by atoms with Crippen LogP contribution < -0.4 is 10.6 Å². The standard InChI is InChI=1S/C51H70Cl2N10O21S2/c1-75-15-3-5-35(33-85(71,72)37-7-9-43(52)41(29-37)47(66)56-11-17-77-21-25-81-27-23-79-19-13-58-60-54)39-31-45(64)62(49(39)68)83-51(70)84-63-46(65)32-40(50(63)69)36(6-4-16-76-2)34-86(73,74)38-8-10-44(53)42(30-38)48(67)57-12-18-78-22-26-82-28-24-80-20-14-59-61-55/h7-10,29-30,35-36,39-40H,3-6,11-28,31-34H2,1-2H3,(H,56,66)(H,57,67). The van der Waals surface area contributed by atoms with Crippen LogP contribution in [0, 0.1) is 23.7 Å². The summed E-state index contributed by atoms with van der Waals surface area (Å²) in [5.41, 5.74) is 16.2. The molecule has 0 aromatic heterocycles. The second-order valence-corrected chi connectivity index (χ2v) is 23.7. The molecule has 0 saturated carbocycles. The van der Waals surface area contributed by atoms with Gasteiger partial charge in [-0.05, 0) is 85.0 Å². The lowest BCUT2D eigenvalue weighted by Crippen LogP contribution is -2.40. The van der Waals surface area contributed by atoms with Crippen LogP contribution in [0.2, 0.25) is 10.0 Å². The highest BCUT2D eigenvalue weighted by atomic mass is 35.5. The number of imide groups is 2. The summed E-state index contributed by atoms with van der Waals surface area (Å²) in [7, 11) is -5.90. The Bertz CT molecular complexity index is 2750. The van der Waals surface area contributed by atoms with Gasteiger partial charge in [0.2, 0.25) is 0 Å². The Labute approximate surface area is 506 Å². The maximum Gasteiger partial charge on any atom is 0.560 e. The molecule has 35 heteroatoms. The maximum absolute atomic E-state index is 14.0. The predicted octanol–water partition coefficient (Wildman–Crippen LogP) is 4.24. The first-order chi connectivity index (χ1) is 41.3. The average molecular weight is 1290 g/mol. The number of benzene rings is 2. The predicted molar refractivity (Wildman–Crippen MR) is 301 cm³/mol. The number of carbonyl (C=O) groups excluding carboxylic acids is 7. The molecule has 2 aliphatic heterocycles. The fourth-order valence-corrected chi connectivity index (χ4v) is 12.5. The lowest BCUT2D eigenvalue weighted by Gasteiger charge is -2.23. The van der Waals surface area contributed by atoms with Crippen molar-refractivity contribution in [3.8, 4) is 0 Å². The molecule has 2 N–H and O–H groups in total. The molecule has 4 rings (SSSR count). The van der Waals surface area contributed by atoms with Crippen LogP contribution in [-0.2, 0) is 86.4 Å². The summed E-state index contributed by atoms with van der Waals surface area (Å²) in [4.78, 5) is 108. The number of halogens is 2. The van der Waals surface area contributed by atoms with Crippen molar-refractivity contribution in [2.75, 3.05) is 144 Å². The van der Waals surface area contributed by atoms with E-state index >= 15 is 0 Å². The molecule has 0 radical (unpaired) electrons. The number of hydrogen-bond donors (Lipinski definition) is 2. The van der Waals surface area contributed by atoms with Gasteiger partial charge in [-0.3, -0.25) is 38.4 Å². The van der Waals surface area contributed by atoms with Gasteiger partial charge in [0.1, 0.15) is 0 Å². The topological polar surface area (TPSA) is 408 Å². The number of rotatable bonds is 44. The summed E-state index contributed by atoms with van der Waals surface area (Å²) in [6.45, 7) is 3.35. The number of amides is 6. The molecule has 2 saturated heterocycles. The number of ether oxygens (including phenoxy) is 8. The van der Waals surface area contributed by atoms with Gasteiger partial charge in [-0.1, -0.05) is 43.6 Å². The second-order valence-electron chi connectivity index (χ2n) is 18.8. The molecule has 0 aliphatic carbocycles. The third kappa shape index (κ3) is 24.1. The van der Waals surface area contributed by atoms with Gasteiger partial charge < -0.3 is 48.5 Å². The van der Waals surface area contributed by atoms with E-state index in [0.29, 0.717) is 0 Å². The largest absolute Gasteiger partial charge is 0.560 e. The Kier molecular flexibility index (Phi) is 32.6. The van der Waals surface area contributed by atoms with Crippen LogP contribution >= 0.6 is 23.2 Å². The zero-order chi connectivity index (χ0) is 62.9. The molecule has 4 unspecified atom stereocenters. The molecular formula is C51H70Cl2N10O21S2. The minimum atomic E-state index is -4.35. The van der Waals surface area contributed by atoms with Gasteiger partial charge >= 0.3 is 6.16 Å². The number of nitrogens with one attached hydrogen (secondary N) is 2. The molecule has 476 valence electrons. The van der Waals surface area contributed by atoms with Gasteiger partial charge in [0.05, 0.1) is 134 Å². The molecule has 2 fully saturated rings. The van der Waals surface area contributed by atoms with Crippen LogP contribution in [0.1, 0.15) is 59.2 Å². The molecular weight excluding hydrogens is 1220 g/mol. The number of hydrogen-bond acceptors (Lipinski definition) is 23. The summed E-state index contributed by atoms with van der Waals surface area (Å²) < 4.78 is 98.5. The van der Waals surface area contributed by atoms with Gasteiger partial charge in [-0.15, -0.1) is 0 Å². The second kappa shape index (κ2) is 38.8. The van der Waals surface area contributed by atoms with Crippen molar-refractivity contribution in [1.29, 1.82) is 0 Å². The zero-order valence-electron chi connectivity index (χ0n) is 47.4. The molecule has 6 amide bonds. The van der Waals surface area contributed by atoms with E-state index in [1.165, 1.54) is 38.5 Å². The zero-order valence-corrected chi connectivity index (χ0v) is 50.5. The molecule has 86 heavy (non-hydrogen) atoms. The fraction of sp³-hybridized carbons (Fsp3) is 0.627. The molecule has 2 heterocycles. The van der Waals surface area contributed by atoms with Crippen molar-refractivity contribution in [3.63, 3.8) is 0 Å². The lowest BCUT2D eigenvalue weighted by molar-refractivity contribution is -0.199. The van der Waals surface area contributed by atoms with Crippen LogP contribution in [0.5, 0.6) is 0 Å². The first-order valence-electron chi connectivity index (χ1n) is 27.0. The van der Waals surface area contributed by atoms with Crippen molar-refractivity contribution in [2.45, 2.75) is 48.3 Å². The Morgan fingerprint density at radius 2 is 0.919 bits per heavy atom. The number of hydroxylamine groups is 4. The van der Waals surface area contributed by atoms with Gasteiger partial charge in [0, 0.05) is 76.3 Å². The third-order valence-corrected chi connectivity index (χ3v) is 17.2. The Hall–Kier alpha value is -6.29. The summed E-state index contributed by atoms with van der Waals surface area (Å²) in [5, 5.41) is 11.9. The smallest absolute Gasteiger partial charge is 0.385 e. The monoisotopic (exact) mass is 1290 g/mol. The lowest BCUT2D eigenvalue weighted by atomic mass is 9.88. The van der Waals surface area contributed by atoms with E-state index in [1.807, 2.05) is 0 Å². The van der Waals surface area contributed by atoms with Crippen molar-refractivity contribution in [3.05, 3.63) is 78.5 Å². The van der Waals surface area contributed by atoms with E-state index in [4.69, 9.17) is 81.8 Å². The SMILES string of the molecule is COCCCC(CS(=O)(=O)c1ccc(Cl)c(C(=O)NCCOCCOCCOCCN=[N+]=[N-])c1)C1CC(=O)N(OC(=O)ON2C(=O)CC(C(CCCOC)CS(=O)(=O)c3ccc(Cl)c(C(=O)NCCOCCOCCOCCN=[N+]=[N-])c3)C2=O)C1=O. The number of carbonyl (C=O) groups is 7. The quantitative estimate of drug-likeness (QED) is 0.0308. The van der Waals surface area contributed by atoms with E-state index in [0.717, 1.165) is 12.1 Å². The van der Waals surface area contributed by atoms with Gasteiger partial charge in [0.25, 0.3) is 35.4 Å². The van der Waals surface area contributed by atoms with Crippen LogP contribution in [0.25, 0.3) is 20.9 Å². The molecule has 4 atom stereocenters. The molecule has 2 aromatic rings. The van der Waals surface area contributed by atoms with E-state index in [1.54, 1.807) is 0 Å². The molecule has 2 aromatic carbocycles. The van der Waals surface area contributed by atoms with Crippen molar-refractivity contribution >= 4 is 84.5 Å². The van der Waals surface area contributed by atoms with Crippen LogP contribution in [-0.4, -0.2) is 213 Å². The molecule has 0 spiro atoms. The van der Waals surface area contributed by atoms with Crippen LogP contribution in [0.4, 0.5) is 4.79 Å². The maximum atomic E-state index is 14.0. The normalized spacial score (nSPS) is 16.0. The minimum absolute atomic E-state index is 0.0123. The fourth-order valence-electron chi connectivity index (χ4n) is 8.69. The van der Waals surface area contributed by atoms with E-state index in [-0.39, 0.29) is 185 Å². The molecule has 31 nitrogen and oxygen atoms in total. The van der Waals surface area contributed by atoms with Crippen molar-refractivity contribution in [2.24, 2.45) is 33.9 Å². The molecule has 0 bridgehead atoms. The average Bonchev–Trinajstić information content (AvgIpc) is 1.93. The highest BCUT2D eigenvalue weighted by Crippen LogP contribution is 2.36. The first kappa shape index (κ1) is 72.2. The van der Waals surface area contributed by atoms with Crippen LogP contribution in [0.3, 0.4) is 0 Å². The highest BCUT2D eigenvalue weighted by Gasteiger charge is 2.50. The number of sulfone groups is 2. The van der Waals surface area contributed by atoms with E-state index < -0.39 is 109 Å². The summed E-state index contributed by atoms with van der Waals surface area (Å²) in [5.74, 6) is -12.3. The Balaban J connectivity index is 1.34. The highest BCUT2D eigenvalue weighted by molar-refractivity contribution is 7.91. The van der Waals surface area contributed by atoms with Gasteiger partial charge in [-0.2, -0.15) is 4.79 Å². The minimum Gasteiger partial charge on any atom is -0.385 e. The van der Waals surface area contributed by atoms with Crippen molar-refractivity contribution < 1.29 is 98.0 Å². The number of azide groups is 2. The Morgan fingerprint density at radius 3 is 1.27 bits per heavy atom. The Morgan fingerprint density at radius 1 is 0.570 bits per heavy atom. The summed E-state index contributed by atoms with van der Waals surface area (Å²) in [6, 6.07) is 6.91.